The van der Waals surface area contributed by atoms with Crippen LogP contribution in [-0.4, -0.2) is 26.0 Å². The molecule has 1 atom stereocenters. The van der Waals surface area contributed by atoms with Gasteiger partial charge in [-0.25, -0.2) is 9.97 Å². The Kier molecular flexibility index (Phi) is 3.55. The zero-order chi connectivity index (χ0) is 14.2. The average Bonchev–Trinajstić information content (AvgIpc) is 3.21. The van der Waals surface area contributed by atoms with Crippen molar-refractivity contribution in [2.24, 2.45) is 7.05 Å². The van der Waals surface area contributed by atoms with E-state index in [4.69, 9.17) is 4.98 Å². The molecule has 1 aliphatic heterocycles. The van der Waals surface area contributed by atoms with Gasteiger partial charge in [-0.2, -0.15) is 0 Å². The molecule has 0 aromatic carbocycles. The van der Waals surface area contributed by atoms with E-state index in [0.717, 1.165) is 6.54 Å². The first kappa shape index (κ1) is 13.5. The van der Waals surface area contributed by atoms with Crippen LogP contribution in [0.25, 0.3) is 0 Å². The molecule has 5 heteroatoms. The molecule has 3 heterocycles. The standard InChI is InChI=1S/C16H22N4S/c1-19-13-6-3-2-5-12(13)18-16(19)14-7-4-9-20(14)11-15-17-8-10-21-15/h8,10,14H,2-7,9,11H2,1H3/t14-/m0/s1. The minimum absolute atomic E-state index is 0.476. The normalized spacial score (nSPS) is 22.6. The third-order valence-electron chi connectivity index (χ3n) is 4.89. The fourth-order valence-electron chi connectivity index (χ4n) is 3.82. The van der Waals surface area contributed by atoms with E-state index in [9.17, 15) is 0 Å². The van der Waals surface area contributed by atoms with Gasteiger partial charge in [0.15, 0.2) is 0 Å². The van der Waals surface area contributed by atoms with Gasteiger partial charge in [-0.05, 0) is 45.1 Å². The van der Waals surface area contributed by atoms with Gasteiger partial charge < -0.3 is 4.57 Å². The van der Waals surface area contributed by atoms with Gasteiger partial charge in [0.25, 0.3) is 0 Å². The number of hydrogen-bond acceptors (Lipinski definition) is 4. The van der Waals surface area contributed by atoms with Crippen molar-refractivity contribution in [2.75, 3.05) is 6.54 Å². The summed E-state index contributed by atoms with van der Waals surface area (Å²) in [6.45, 7) is 2.14. The van der Waals surface area contributed by atoms with Crippen LogP contribution in [0.2, 0.25) is 0 Å². The third kappa shape index (κ3) is 2.42. The van der Waals surface area contributed by atoms with Gasteiger partial charge in [0.1, 0.15) is 10.8 Å². The number of aryl methyl sites for hydroxylation is 1. The minimum Gasteiger partial charge on any atom is -0.334 e. The summed E-state index contributed by atoms with van der Waals surface area (Å²) in [5.41, 5.74) is 2.84. The Labute approximate surface area is 129 Å². The zero-order valence-corrected chi connectivity index (χ0v) is 13.4. The number of aromatic nitrogens is 3. The molecule has 2 aromatic heterocycles. The Hall–Kier alpha value is -1.20. The molecule has 0 spiro atoms. The SMILES string of the molecule is Cn1c([C@@H]2CCCN2Cc2nccs2)nc2c1CCCC2. The molecular formula is C16H22N4S. The molecule has 0 amide bonds. The topological polar surface area (TPSA) is 34.0 Å². The van der Waals surface area contributed by atoms with Crippen molar-refractivity contribution in [1.82, 2.24) is 19.4 Å². The first-order valence-electron chi connectivity index (χ1n) is 7.99. The number of rotatable bonds is 3. The van der Waals surface area contributed by atoms with E-state index in [1.165, 1.54) is 67.3 Å². The van der Waals surface area contributed by atoms with Crippen LogP contribution in [0.3, 0.4) is 0 Å². The molecule has 4 nitrogen and oxygen atoms in total. The Bertz CT molecular complexity index is 617. The van der Waals surface area contributed by atoms with Crippen molar-refractivity contribution in [3.63, 3.8) is 0 Å². The third-order valence-corrected chi connectivity index (χ3v) is 5.66. The van der Waals surface area contributed by atoms with Gasteiger partial charge in [-0.15, -0.1) is 11.3 Å². The van der Waals surface area contributed by atoms with Crippen molar-refractivity contribution < 1.29 is 0 Å². The predicted octanol–water partition coefficient (Wildman–Crippen LogP) is 3.09. The molecule has 0 unspecified atom stereocenters. The average molecular weight is 302 g/mol. The Balaban J connectivity index is 1.61. The summed E-state index contributed by atoms with van der Waals surface area (Å²) in [6.07, 6.45) is 9.41. The lowest BCUT2D eigenvalue weighted by Gasteiger charge is -2.23. The highest BCUT2D eigenvalue weighted by atomic mass is 32.1. The molecule has 2 aliphatic rings. The van der Waals surface area contributed by atoms with Crippen molar-refractivity contribution in [3.05, 3.63) is 33.8 Å². The minimum atomic E-state index is 0.476. The molecule has 21 heavy (non-hydrogen) atoms. The smallest absolute Gasteiger partial charge is 0.126 e. The number of imidazole rings is 1. The van der Waals surface area contributed by atoms with Gasteiger partial charge in [-0.1, -0.05) is 0 Å². The van der Waals surface area contributed by atoms with E-state index in [-0.39, 0.29) is 0 Å². The van der Waals surface area contributed by atoms with Crippen LogP contribution < -0.4 is 0 Å². The summed E-state index contributed by atoms with van der Waals surface area (Å²) in [5, 5.41) is 3.29. The van der Waals surface area contributed by atoms with Gasteiger partial charge in [-0.3, -0.25) is 4.90 Å². The summed E-state index contributed by atoms with van der Waals surface area (Å²) in [4.78, 5) is 12.0. The van der Waals surface area contributed by atoms with Gasteiger partial charge in [0.2, 0.25) is 0 Å². The van der Waals surface area contributed by atoms with Crippen molar-refractivity contribution in [3.8, 4) is 0 Å². The number of nitrogens with zero attached hydrogens (tertiary/aromatic N) is 4. The fourth-order valence-corrected chi connectivity index (χ4v) is 4.46. The summed E-state index contributed by atoms with van der Waals surface area (Å²) in [7, 11) is 2.21. The van der Waals surface area contributed by atoms with E-state index >= 15 is 0 Å². The van der Waals surface area contributed by atoms with E-state index in [1.807, 2.05) is 6.20 Å². The molecule has 1 saturated heterocycles. The molecule has 112 valence electrons. The summed E-state index contributed by atoms with van der Waals surface area (Å²) in [6, 6.07) is 0.476. The number of fused-ring (bicyclic) bond motifs is 1. The molecule has 1 aliphatic carbocycles. The second kappa shape index (κ2) is 5.54. The van der Waals surface area contributed by atoms with Crippen molar-refractivity contribution >= 4 is 11.3 Å². The van der Waals surface area contributed by atoms with Crippen LogP contribution in [0.4, 0.5) is 0 Å². The largest absolute Gasteiger partial charge is 0.334 e. The zero-order valence-electron chi connectivity index (χ0n) is 12.6. The Morgan fingerprint density at radius 1 is 1.29 bits per heavy atom. The van der Waals surface area contributed by atoms with E-state index in [2.05, 4.69) is 26.9 Å². The first-order valence-corrected chi connectivity index (χ1v) is 8.87. The van der Waals surface area contributed by atoms with E-state index in [1.54, 1.807) is 11.3 Å². The molecule has 2 aromatic rings. The maximum absolute atomic E-state index is 5.02. The molecule has 4 rings (SSSR count). The lowest BCUT2D eigenvalue weighted by Crippen LogP contribution is -2.25. The maximum Gasteiger partial charge on any atom is 0.126 e. The highest BCUT2D eigenvalue weighted by molar-refractivity contribution is 7.09. The number of likely N-dealkylation sites (tertiary alicyclic amines) is 1. The second-order valence-electron chi connectivity index (χ2n) is 6.18. The Morgan fingerprint density at radius 2 is 2.19 bits per heavy atom. The van der Waals surface area contributed by atoms with Crippen LogP contribution in [-0.2, 0) is 26.4 Å². The molecule has 0 radical (unpaired) electrons. The van der Waals surface area contributed by atoms with E-state index in [0.29, 0.717) is 6.04 Å². The fraction of sp³-hybridized carbons (Fsp3) is 0.625. The summed E-state index contributed by atoms with van der Waals surface area (Å²) < 4.78 is 2.39. The van der Waals surface area contributed by atoms with Crippen LogP contribution >= 0.6 is 11.3 Å². The number of thiazole rings is 1. The first-order chi connectivity index (χ1) is 10.3. The van der Waals surface area contributed by atoms with Gasteiger partial charge in [0.05, 0.1) is 18.3 Å². The van der Waals surface area contributed by atoms with E-state index < -0.39 is 0 Å². The second-order valence-corrected chi connectivity index (χ2v) is 7.16. The van der Waals surface area contributed by atoms with Crippen molar-refractivity contribution in [1.29, 1.82) is 0 Å². The molecule has 0 bridgehead atoms. The van der Waals surface area contributed by atoms with Crippen LogP contribution in [0.15, 0.2) is 11.6 Å². The van der Waals surface area contributed by atoms with Crippen molar-refractivity contribution in [2.45, 2.75) is 51.1 Å². The summed E-state index contributed by atoms with van der Waals surface area (Å²) >= 11 is 1.76. The molecule has 0 N–H and O–H groups in total. The maximum atomic E-state index is 5.02. The predicted molar refractivity (Wildman–Crippen MR) is 84.3 cm³/mol. The molecule has 0 saturated carbocycles. The Morgan fingerprint density at radius 3 is 3.00 bits per heavy atom. The quantitative estimate of drug-likeness (QED) is 0.873. The van der Waals surface area contributed by atoms with Crippen LogP contribution in [0.5, 0.6) is 0 Å². The number of hydrogen-bond donors (Lipinski definition) is 0. The lowest BCUT2D eigenvalue weighted by molar-refractivity contribution is 0.236. The molecule has 1 fully saturated rings. The molecular weight excluding hydrogens is 280 g/mol. The lowest BCUT2D eigenvalue weighted by atomic mass is 10.0. The van der Waals surface area contributed by atoms with Gasteiger partial charge >= 0.3 is 0 Å². The highest BCUT2D eigenvalue weighted by Gasteiger charge is 2.31. The highest BCUT2D eigenvalue weighted by Crippen LogP contribution is 2.34. The van der Waals surface area contributed by atoms with Crippen LogP contribution in [0, 0.1) is 0 Å². The van der Waals surface area contributed by atoms with Gasteiger partial charge in [0, 0.05) is 24.3 Å². The summed E-state index contributed by atoms with van der Waals surface area (Å²) in [5.74, 6) is 1.29. The monoisotopic (exact) mass is 302 g/mol. The van der Waals surface area contributed by atoms with Crippen LogP contribution in [0.1, 0.15) is 53.9 Å².